The second-order valence-corrected chi connectivity index (χ2v) is 6.20. The number of rotatable bonds is 6. The van der Waals surface area contributed by atoms with E-state index in [1.54, 1.807) is 18.2 Å². The third kappa shape index (κ3) is 3.89. The first kappa shape index (κ1) is 19.9. The van der Waals surface area contributed by atoms with E-state index in [1.807, 2.05) is 6.92 Å². The zero-order chi connectivity index (χ0) is 19.4. The van der Waals surface area contributed by atoms with Gasteiger partial charge in [0, 0.05) is 14.1 Å². The Hall–Kier alpha value is -2.38. The van der Waals surface area contributed by atoms with Gasteiger partial charge < -0.3 is 9.47 Å². The molecule has 0 aromatic heterocycles. The van der Waals surface area contributed by atoms with Crippen LogP contribution in [0, 0.1) is 0 Å². The highest BCUT2D eigenvalue weighted by molar-refractivity contribution is 7.80. The molecule has 2 amide bonds. The predicted octanol–water partition coefficient (Wildman–Crippen LogP) is 2.90. The van der Waals surface area contributed by atoms with Crippen LogP contribution in [0.2, 0.25) is 5.02 Å². The smallest absolute Gasteiger partial charge is 0.265 e. The van der Waals surface area contributed by atoms with E-state index in [2.05, 4.69) is 6.58 Å². The molecule has 1 saturated heterocycles. The number of halogens is 1. The molecule has 0 radical (unpaired) electrons. The van der Waals surface area contributed by atoms with Crippen LogP contribution in [0.15, 0.2) is 30.4 Å². The highest BCUT2D eigenvalue weighted by atomic mass is 35.5. The number of thiocarbonyl (C=S) groups is 1. The molecule has 0 spiro atoms. The van der Waals surface area contributed by atoms with Crippen LogP contribution in [0.3, 0.4) is 0 Å². The van der Waals surface area contributed by atoms with Crippen molar-refractivity contribution in [1.82, 2.24) is 9.80 Å². The average molecular weight is 395 g/mol. The molecule has 0 bridgehead atoms. The monoisotopic (exact) mass is 394 g/mol. The third-order valence-electron chi connectivity index (χ3n) is 3.63. The number of benzene rings is 1. The highest BCUT2D eigenvalue weighted by Crippen LogP contribution is 2.37. The number of ether oxygens (including phenoxy) is 2. The SMILES string of the molecule is C=CCOc1c(Cl)cc(C=C2C(=O)N(C)C(=S)N(C)C2=O)cc1OCC. The van der Waals surface area contributed by atoms with Crippen molar-refractivity contribution >= 4 is 46.8 Å². The van der Waals surface area contributed by atoms with Crippen molar-refractivity contribution in [3.8, 4) is 11.5 Å². The molecule has 138 valence electrons. The summed E-state index contributed by atoms with van der Waals surface area (Å²) in [7, 11) is 3.04. The fourth-order valence-electron chi connectivity index (χ4n) is 2.36. The molecule has 1 aliphatic heterocycles. The molecule has 0 atom stereocenters. The average Bonchev–Trinajstić information content (AvgIpc) is 2.61. The maximum absolute atomic E-state index is 12.4. The van der Waals surface area contributed by atoms with Crippen LogP contribution < -0.4 is 9.47 Å². The fraction of sp³-hybridized carbons (Fsp3) is 0.278. The van der Waals surface area contributed by atoms with Crippen molar-refractivity contribution in [3.63, 3.8) is 0 Å². The van der Waals surface area contributed by atoms with Gasteiger partial charge in [-0.1, -0.05) is 24.3 Å². The summed E-state index contributed by atoms with van der Waals surface area (Å²) in [6, 6.07) is 3.26. The minimum atomic E-state index is -0.473. The Morgan fingerprint density at radius 1 is 1.19 bits per heavy atom. The molecule has 0 N–H and O–H groups in total. The molecule has 1 aromatic rings. The van der Waals surface area contributed by atoms with E-state index in [0.717, 1.165) is 0 Å². The first-order valence-corrected chi connectivity index (χ1v) is 8.62. The van der Waals surface area contributed by atoms with Crippen LogP contribution >= 0.6 is 23.8 Å². The van der Waals surface area contributed by atoms with E-state index >= 15 is 0 Å². The number of carbonyl (C=O) groups excluding carboxylic acids is 2. The minimum absolute atomic E-state index is 0.0122. The molecule has 0 unspecified atom stereocenters. The lowest BCUT2D eigenvalue weighted by Crippen LogP contribution is -2.52. The standard InChI is InChI=1S/C18H19ClN2O4S/c1-5-7-25-15-13(19)9-11(10-14(15)24-6-2)8-12-16(22)20(3)18(26)21(4)17(12)23/h5,8-10H,1,6-7H2,2-4H3. The van der Waals surface area contributed by atoms with Gasteiger partial charge in [0.2, 0.25) is 0 Å². The first-order chi connectivity index (χ1) is 12.3. The summed E-state index contributed by atoms with van der Waals surface area (Å²) < 4.78 is 11.1. The van der Waals surface area contributed by atoms with Crippen molar-refractivity contribution in [3.05, 3.63) is 40.9 Å². The van der Waals surface area contributed by atoms with Gasteiger partial charge in [-0.15, -0.1) is 0 Å². The summed E-state index contributed by atoms with van der Waals surface area (Å²) in [5.74, 6) is -0.146. The maximum Gasteiger partial charge on any atom is 0.265 e. The summed E-state index contributed by atoms with van der Waals surface area (Å²) in [6.07, 6.45) is 3.06. The van der Waals surface area contributed by atoms with Gasteiger partial charge in [-0.25, -0.2) is 0 Å². The van der Waals surface area contributed by atoms with E-state index in [4.69, 9.17) is 33.3 Å². The maximum atomic E-state index is 12.4. The van der Waals surface area contributed by atoms with E-state index in [-0.39, 0.29) is 17.3 Å². The normalized spacial score (nSPS) is 14.6. The largest absolute Gasteiger partial charge is 0.490 e. The van der Waals surface area contributed by atoms with Gasteiger partial charge in [0.25, 0.3) is 11.8 Å². The molecule has 1 aliphatic rings. The van der Waals surface area contributed by atoms with Crippen LogP contribution in [-0.2, 0) is 9.59 Å². The topological polar surface area (TPSA) is 59.1 Å². The Bertz CT molecular complexity index is 781. The van der Waals surface area contributed by atoms with E-state index < -0.39 is 11.8 Å². The fourth-order valence-corrected chi connectivity index (χ4v) is 2.80. The highest BCUT2D eigenvalue weighted by Gasteiger charge is 2.35. The lowest BCUT2D eigenvalue weighted by atomic mass is 10.1. The summed E-state index contributed by atoms with van der Waals surface area (Å²) in [4.78, 5) is 27.3. The Balaban J connectivity index is 2.49. The number of nitrogens with zero attached hydrogens (tertiary/aromatic N) is 2. The van der Waals surface area contributed by atoms with Crippen LogP contribution in [0.4, 0.5) is 0 Å². The Morgan fingerprint density at radius 2 is 1.81 bits per heavy atom. The van der Waals surface area contributed by atoms with E-state index in [1.165, 1.54) is 30.0 Å². The Labute approximate surface area is 162 Å². The molecule has 2 rings (SSSR count). The van der Waals surface area contributed by atoms with Gasteiger partial charge in [0.15, 0.2) is 16.6 Å². The molecular formula is C18H19ClN2O4S. The van der Waals surface area contributed by atoms with Crippen molar-refractivity contribution < 1.29 is 19.1 Å². The van der Waals surface area contributed by atoms with Gasteiger partial charge >= 0.3 is 0 Å². The number of carbonyl (C=O) groups is 2. The molecule has 1 fully saturated rings. The van der Waals surface area contributed by atoms with Crippen LogP contribution in [0.25, 0.3) is 6.08 Å². The van der Waals surface area contributed by atoms with Gasteiger partial charge in [-0.2, -0.15) is 0 Å². The summed E-state index contributed by atoms with van der Waals surface area (Å²) in [5.41, 5.74) is 0.526. The molecule has 8 heteroatoms. The second kappa shape index (κ2) is 8.33. The predicted molar refractivity (Wildman–Crippen MR) is 104 cm³/mol. The summed E-state index contributed by atoms with van der Waals surface area (Å²) >= 11 is 11.4. The lowest BCUT2D eigenvalue weighted by Gasteiger charge is -2.31. The minimum Gasteiger partial charge on any atom is -0.490 e. The molecule has 1 heterocycles. The molecule has 6 nitrogen and oxygen atoms in total. The second-order valence-electron chi connectivity index (χ2n) is 5.43. The van der Waals surface area contributed by atoms with Gasteiger partial charge in [0.05, 0.1) is 11.6 Å². The van der Waals surface area contributed by atoms with Crippen LogP contribution in [-0.4, -0.2) is 54.0 Å². The van der Waals surface area contributed by atoms with Crippen molar-refractivity contribution in [1.29, 1.82) is 0 Å². The van der Waals surface area contributed by atoms with Crippen molar-refractivity contribution in [2.45, 2.75) is 6.92 Å². The molecule has 1 aromatic carbocycles. The van der Waals surface area contributed by atoms with Gasteiger partial charge in [-0.3, -0.25) is 19.4 Å². The number of likely N-dealkylation sites (N-methyl/N-ethyl adjacent to an activating group) is 2. The molecule has 0 aliphatic carbocycles. The van der Waals surface area contributed by atoms with Crippen LogP contribution in [0.5, 0.6) is 11.5 Å². The van der Waals surface area contributed by atoms with Crippen molar-refractivity contribution in [2.75, 3.05) is 27.3 Å². The summed E-state index contributed by atoms with van der Waals surface area (Å²) in [5, 5.41) is 0.455. The zero-order valence-electron chi connectivity index (χ0n) is 14.7. The quantitative estimate of drug-likeness (QED) is 0.321. The van der Waals surface area contributed by atoms with Crippen molar-refractivity contribution in [2.24, 2.45) is 0 Å². The van der Waals surface area contributed by atoms with Gasteiger partial charge in [-0.05, 0) is 42.9 Å². The number of hydrogen-bond acceptors (Lipinski definition) is 5. The number of hydrogen-bond donors (Lipinski definition) is 0. The molecule has 26 heavy (non-hydrogen) atoms. The molecule has 0 saturated carbocycles. The Kier molecular flexibility index (Phi) is 6.39. The third-order valence-corrected chi connectivity index (χ3v) is 4.46. The summed E-state index contributed by atoms with van der Waals surface area (Å²) in [6.45, 7) is 6.10. The van der Waals surface area contributed by atoms with E-state index in [0.29, 0.717) is 28.7 Å². The first-order valence-electron chi connectivity index (χ1n) is 7.83. The zero-order valence-corrected chi connectivity index (χ0v) is 16.3. The van der Waals surface area contributed by atoms with E-state index in [9.17, 15) is 9.59 Å². The number of amides is 2. The van der Waals surface area contributed by atoms with Gasteiger partial charge in [0.1, 0.15) is 12.2 Å². The van der Waals surface area contributed by atoms with Crippen LogP contribution in [0.1, 0.15) is 12.5 Å². The molecular weight excluding hydrogens is 376 g/mol. The lowest BCUT2D eigenvalue weighted by molar-refractivity contribution is -0.132. The Morgan fingerprint density at radius 3 is 2.35 bits per heavy atom.